The van der Waals surface area contributed by atoms with Crippen LogP contribution >= 0.6 is 0 Å². The lowest BCUT2D eigenvalue weighted by atomic mass is 9.99. The standard InChI is InChI=1S/C12H17N3O2/c1-7(2)10-13-11(17-14-10)9-5-15(6-9)12(16)8-3-4-8/h7-9H,3-6H2,1-2H3. The van der Waals surface area contributed by atoms with E-state index in [0.29, 0.717) is 17.7 Å². The molecule has 0 spiro atoms. The van der Waals surface area contributed by atoms with Gasteiger partial charge in [0, 0.05) is 24.9 Å². The molecule has 2 heterocycles. The van der Waals surface area contributed by atoms with Crippen molar-refractivity contribution in [3.05, 3.63) is 11.7 Å². The summed E-state index contributed by atoms with van der Waals surface area (Å²) in [5.41, 5.74) is 0. The van der Waals surface area contributed by atoms with Gasteiger partial charge in [-0.15, -0.1) is 0 Å². The number of hydrogen-bond acceptors (Lipinski definition) is 4. The minimum absolute atomic E-state index is 0.248. The van der Waals surface area contributed by atoms with E-state index in [-0.39, 0.29) is 11.8 Å². The second kappa shape index (κ2) is 3.82. The molecule has 3 rings (SSSR count). The summed E-state index contributed by atoms with van der Waals surface area (Å²) in [4.78, 5) is 18.0. The summed E-state index contributed by atoms with van der Waals surface area (Å²) in [6, 6.07) is 0. The molecule has 1 aliphatic heterocycles. The van der Waals surface area contributed by atoms with Crippen molar-refractivity contribution >= 4 is 5.91 Å². The molecule has 0 atom stereocenters. The summed E-state index contributed by atoms with van der Waals surface area (Å²) in [5, 5.41) is 3.95. The molecule has 92 valence electrons. The smallest absolute Gasteiger partial charge is 0.233 e. The highest BCUT2D eigenvalue weighted by atomic mass is 16.5. The first-order valence-corrected chi connectivity index (χ1v) is 6.27. The van der Waals surface area contributed by atoms with E-state index in [1.807, 2.05) is 18.7 Å². The first kappa shape index (κ1) is 10.7. The zero-order valence-corrected chi connectivity index (χ0v) is 10.2. The molecule has 5 heteroatoms. The Morgan fingerprint density at radius 3 is 2.65 bits per heavy atom. The van der Waals surface area contributed by atoms with Crippen LogP contribution < -0.4 is 0 Å². The molecule has 0 bridgehead atoms. The molecule has 1 saturated carbocycles. The molecular weight excluding hydrogens is 218 g/mol. The molecular formula is C12H17N3O2. The lowest BCUT2D eigenvalue weighted by molar-refractivity contribution is -0.137. The van der Waals surface area contributed by atoms with E-state index < -0.39 is 0 Å². The SMILES string of the molecule is CC(C)c1noc(C2CN(C(=O)C3CC3)C2)n1. The van der Waals surface area contributed by atoms with Crippen LogP contribution in [0.25, 0.3) is 0 Å². The summed E-state index contributed by atoms with van der Waals surface area (Å²) < 4.78 is 5.23. The van der Waals surface area contributed by atoms with Gasteiger partial charge < -0.3 is 9.42 Å². The van der Waals surface area contributed by atoms with E-state index in [0.717, 1.165) is 31.8 Å². The van der Waals surface area contributed by atoms with E-state index in [9.17, 15) is 4.79 Å². The third-order valence-corrected chi connectivity index (χ3v) is 3.44. The Morgan fingerprint density at radius 1 is 1.41 bits per heavy atom. The second-order valence-electron chi connectivity index (χ2n) is 5.36. The van der Waals surface area contributed by atoms with E-state index in [1.54, 1.807) is 0 Å². The monoisotopic (exact) mass is 235 g/mol. The van der Waals surface area contributed by atoms with Crippen LogP contribution in [-0.2, 0) is 4.79 Å². The number of carbonyl (C=O) groups excluding carboxylic acids is 1. The van der Waals surface area contributed by atoms with Crippen molar-refractivity contribution in [2.75, 3.05) is 13.1 Å². The Balaban J connectivity index is 1.58. The molecule has 0 unspecified atom stereocenters. The zero-order chi connectivity index (χ0) is 12.0. The molecule has 0 aromatic carbocycles. The third-order valence-electron chi connectivity index (χ3n) is 3.44. The molecule has 1 amide bonds. The highest BCUT2D eigenvalue weighted by Crippen LogP contribution is 2.35. The second-order valence-corrected chi connectivity index (χ2v) is 5.36. The van der Waals surface area contributed by atoms with Gasteiger partial charge in [-0.3, -0.25) is 4.79 Å². The highest BCUT2D eigenvalue weighted by Gasteiger charge is 2.41. The summed E-state index contributed by atoms with van der Waals surface area (Å²) in [6.45, 7) is 5.57. The van der Waals surface area contributed by atoms with Gasteiger partial charge in [-0.25, -0.2) is 0 Å². The van der Waals surface area contributed by atoms with Gasteiger partial charge in [0.25, 0.3) is 0 Å². The van der Waals surface area contributed by atoms with Crippen molar-refractivity contribution in [3.63, 3.8) is 0 Å². The molecule has 0 N–H and O–H groups in total. The molecule has 1 aromatic rings. The average molecular weight is 235 g/mol. The Morgan fingerprint density at radius 2 is 2.12 bits per heavy atom. The third kappa shape index (κ3) is 1.94. The number of carbonyl (C=O) groups is 1. The number of likely N-dealkylation sites (tertiary alicyclic amines) is 1. The number of hydrogen-bond donors (Lipinski definition) is 0. The zero-order valence-electron chi connectivity index (χ0n) is 10.2. The van der Waals surface area contributed by atoms with Crippen LogP contribution in [0.15, 0.2) is 4.52 Å². The number of rotatable bonds is 3. The molecule has 1 aromatic heterocycles. The van der Waals surface area contributed by atoms with Crippen LogP contribution in [0.3, 0.4) is 0 Å². The fourth-order valence-corrected chi connectivity index (χ4v) is 2.05. The maximum atomic E-state index is 11.7. The molecule has 17 heavy (non-hydrogen) atoms. The number of amides is 1. The Kier molecular flexibility index (Phi) is 2.42. The van der Waals surface area contributed by atoms with Gasteiger partial charge >= 0.3 is 0 Å². The minimum Gasteiger partial charge on any atom is -0.341 e. The largest absolute Gasteiger partial charge is 0.341 e. The molecule has 1 saturated heterocycles. The number of aromatic nitrogens is 2. The van der Waals surface area contributed by atoms with Crippen LogP contribution in [-0.4, -0.2) is 34.0 Å². The van der Waals surface area contributed by atoms with E-state index in [1.165, 1.54) is 0 Å². The van der Waals surface area contributed by atoms with E-state index in [2.05, 4.69) is 10.1 Å². The predicted octanol–water partition coefficient (Wildman–Crippen LogP) is 1.53. The summed E-state index contributed by atoms with van der Waals surface area (Å²) in [7, 11) is 0. The quantitative estimate of drug-likeness (QED) is 0.797. The molecule has 2 fully saturated rings. The Labute approximate surface area is 100 Å². The van der Waals surface area contributed by atoms with Gasteiger partial charge in [0.2, 0.25) is 11.8 Å². The summed E-state index contributed by atoms with van der Waals surface area (Å²) >= 11 is 0. The lowest BCUT2D eigenvalue weighted by Gasteiger charge is -2.37. The predicted molar refractivity (Wildman–Crippen MR) is 60.4 cm³/mol. The van der Waals surface area contributed by atoms with Crippen molar-refractivity contribution in [2.24, 2.45) is 5.92 Å². The Hall–Kier alpha value is -1.39. The fourth-order valence-electron chi connectivity index (χ4n) is 2.05. The van der Waals surface area contributed by atoms with Crippen molar-refractivity contribution < 1.29 is 9.32 Å². The van der Waals surface area contributed by atoms with Gasteiger partial charge in [0.15, 0.2) is 5.82 Å². The maximum Gasteiger partial charge on any atom is 0.233 e. The van der Waals surface area contributed by atoms with Crippen molar-refractivity contribution in [3.8, 4) is 0 Å². The average Bonchev–Trinajstić information content (AvgIpc) is 2.96. The molecule has 2 aliphatic rings. The summed E-state index contributed by atoms with van der Waals surface area (Å²) in [5.74, 6) is 2.60. The van der Waals surface area contributed by atoms with Gasteiger partial charge in [0.05, 0.1) is 5.92 Å². The van der Waals surface area contributed by atoms with Crippen LogP contribution in [0, 0.1) is 5.92 Å². The van der Waals surface area contributed by atoms with E-state index >= 15 is 0 Å². The van der Waals surface area contributed by atoms with Crippen LogP contribution in [0.1, 0.15) is 50.2 Å². The van der Waals surface area contributed by atoms with Gasteiger partial charge in [-0.2, -0.15) is 4.98 Å². The highest BCUT2D eigenvalue weighted by molar-refractivity contribution is 5.81. The number of nitrogens with zero attached hydrogens (tertiary/aromatic N) is 3. The van der Waals surface area contributed by atoms with Crippen molar-refractivity contribution in [1.82, 2.24) is 15.0 Å². The first-order chi connectivity index (χ1) is 8.15. The van der Waals surface area contributed by atoms with Gasteiger partial charge in [0.1, 0.15) is 0 Å². The van der Waals surface area contributed by atoms with E-state index in [4.69, 9.17) is 4.52 Å². The Bertz CT molecular complexity index is 431. The summed E-state index contributed by atoms with van der Waals surface area (Å²) in [6.07, 6.45) is 2.14. The molecule has 1 aliphatic carbocycles. The minimum atomic E-state index is 0.248. The first-order valence-electron chi connectivity index (χ1n) is 6.27. The van der Waals surface area contributed by atoms with Gasteiger partial charge in [-0.05, 0) is 12.8 Å². The lowest BCUT2D eigenvalue weighted by Crippen LogP contribution is -2.49. The van der Waals surface area contributed by atoms with Crippen LogP contribution in [0.2, 0.25) is 0 Å². The van der Waals surface area contributed by atoms with Crippen LogP contribution in [0.5, 0.6) is 0 Å². The van der Waals surface area contributed by atoms with Crippen molar-refractivity contribution in [1.29, 1.82) is 0 Å². The topological polar surface area (TPSA) is 59.2 Å². The molecule has 5 nitrogen and oxygen atoms in total. The maximum absolute atomic E-state index is 11.7. The fraction of sp³-hybridized carbons (Fsp3) is 0.750. The normalized spacial score (nSPS) is 20.8. The van der Waals surface area contributed by atoms with Gasteiger partial charge in [-0.1, -0.05) is 19.0 Å². The van der Waals surface area contributed by atoms with Crippen molar-refractivity contribution in [2.45, 2.75) is 38.5 Å². The molecule has 0 radical (unpaired) electrons. The van der Waals surface area contributed by atoms with Crippen LogP contribution in [0.4, 0.5) is 0 Å².